The Labute approximate surface area is 160 Å². The maximum atomic E-state index is 12.8. The van der Waals surface area contributed by atoms with E-state index in [2.05, 4.69) is 10.3 Å². The summed E-state index contributed by atoms with van der Waals surface area (Å²) in [5.41, 5.74) is 1.07. The highest BCUT2D eigenvalue weighted by molar-refractivity contribution is 7.91. The molecule has 1 aliphatic heterocycles. The minimum atomic E-state index is -3.40. The molecule has 1 N–H and O–H groups in total. The van der Waals surface area contributed by atoms with Crippen molar-refractivity contribution in [2.45, 2.75) is 36.6 Å². The van der Waals surface area contributed by atoms with E-state index < -0.39 is 9.84 Å². The summed E-state index contributed by atoms with van der Waals surface area (Å²) in [4.78, 5) is 18.9. The van der Waals surface area contributed by atoms with E-state index in [1.165, 1.54) is 0 Å². The van der Waals surface area contributed by atoms with Crippen molar-refractivity contribution in [2.24, 2.45) is 0 Å². The number of likely N-dealkylation sites (tertiary alicyclic amines) is 1. The van der Waals surface area contributed by atoms with Crippen LogP contribution in [0.2, 0.25) is 0 Å². The Morgan fingerprint density at radius 1 is 1.07 bits per heavy atom. The number of rotatable bonds is 5. The van der Waals surface area contributed by atoms with E-state index in [0.717, 1.165) is 31.2 Å². The molecule has 2 heterocycles. The SMILES string of the molecule is O=C(NCCS(=O)(=O)c1ccccc1)N1CCCCCC1c1ccncc1. The number of sulfone groups is 1. The van der Waals surface area contributed by atoms with Crippen LogP contribution in [0, 0.1) is 0 Å². The molecule has 0 saturated carbocycles. The molecule has 1 aliphatic rings. The lowest BCUT2D eigenvalue weighted by Crippen LogP contribution is -2.43. The number of nitrogens with one attached hydrogen (secondary N) is 1. The van der Waals surface area contributed by atoms with E-state index in [1.807, 2.05) is 17.0 Å². The first-order valence-corrected chi connectivity index (χ1v) is 11.0. The standard InChI is InChI=1S/C20H25N3O3S/c24-20(22-14-16-27(25,26)18-7-3-1-4-8-18)23-15-6-2-5-9-19(23)17-10-12-21-13-11-17/h1,3-4,7-8,10-13,19H,2,5-6,9,14-16H2,(H,22,24). The van der Waals surface area contributed by atoms with Gasteiger partial charge in [0.25, 0.3) is 0 Å². The van der Waals surface area contributed by atoms with Crippen molar-refractivity contribution in [3.8, 4) is 0 Å². The van der Waals surface area contributed by atoms with E-state index in [-0.39, 0.29) is 29.3 Å². The molecule has 7 heteroatoms. The van der Waals surface area contributed by atoms with Gasteiger partial charge in [0.1, 0.15) is 0 Å². The largest absolute Gasteiger partial charge is 0.337 e. The summed E-state index contributed by atoms with van der Waals surface area (Å²) in [6.45, 7) is 0.764. The number of hydrogen-bond donors (Lipinski definition) is 1. The Morgan fingerprint density at radius 3 is 2.56 bits per heavy atom. The van der Waals surface area contributed by atoms with Crippen LogP contribution < -0.4 is 5.32 Å². The lowest BCUT2D eigenvalue weighted by molar-refractivity contribution is 0.176. The van der Waals surface area contributed by atoms with E-state index in [9.17, 15) is 13.2 Å². The van der Waals surface area contributed by atoms with Crippen LogP contribution >= 0.6 is 0 Å². The summed E-state index contributed by atoms with van der Waals surface area (Å²) in [6.07, 6.45) is 7.50. The van der Waals surface area contributed by atoms with Gasteiger partial charge in [-0.25, -0.2) is 13.2 Å². The van der Waals surface area contributed by atoms with Crippen LogP contribution in [0.1, 0.15) is 37.3 Å². The van der Waals surface area contributed by atoms with Crippen LogP contribution in [0.5, 0.6) is 0 Å². The average molecular weight is 388 g/mol. The lowest BCUT2D eigenvalue weighted by atomic mass is 10.0. The van der Waals surface area contributed by atoms with Gasteiger partial charge in [-0.05, 0) is 42.7 Å². The normalized spacial score (nSPS) is 17.9. The fraction of sp³-hybridized carbons (Fsp3) is 0.400. The Kier molecular flexibility index (Phi) is 6.45. The van der Waals surface area contributed by atoms with Gasteiger partial charge in [0.05, 0.1) is 16.7 Å². The monoisotopic (exact) mass is 387 g/mol. The first kappa shape index (κ1) is 19.4. The molecular formula is C20H25N3O3S. The average Bonchev–Trinajstić information content (AvgIpc) is 2.95. The molecule has 1 fully saturated rings. The van der Waals surface area contributed by atoms with Gasteiger partial charge in [0, 0.05) is 25.5 Å². The maximum Gasteiger partial charge on any atom is 0.317 e. The number of pyridine rings is 1. The van der Waals surface area contributed by atoms with Gasteiger partial charge in [0.15, 0.2) is 9.84 Å². The van der Waals surface area contributed by atoms with Crippen molar-refractivity contribution < 1.29 is 13.2 Å². The number of urea groups is 1. The summed E-state index contributed by atoms with van der Waals surface area (Å²) < 4.78 is 24.7. The zero-order valence-corrected chi connectivity index (χ0v) is 16.1. The third-order valence-electron chi connectivity index (χ3n) is 4.85. The third kappa shape index (κ3) is 5.07. The highest BCUT2D eigenvalue weighted by Gasteiger charge is 2.27. The number of aromatic nitrogens is 1. The molecule has 0 bridgehead atoms. The molecule has 1 unspecified atom stereocenters. The maximum absolute atomic E-state index is 12.8. The second-order valence-electron chi connectivity index (χ2n) is 6.70. The summed E-state index contributed by atoms with van der Waals surface area (Å²) in [6, 6.07) is 12.0. The molecule has 0 aliphatic carbocycles. The van der Waals surface area contributed by atoms with Crippen molar-refractivity contribution in [2.75, 3.05) is 18.8 Å². The molecule has 3 rings (SSSR count). The summed E-state index contributed by atoms with van der Waals surface area (Å²) >= 11 is 0. The molecule has 2 aromatic rings. The van der Waals surface area contributed by atoms with Crippen LogP contribution in [0.3, 0.4) is 0 Å². The summed E-state index contributed by atoms with van der Waals surface area (Å²) in [5.74, 6) is -0.115. The van der Waals surface area contributed by atoms with Crippen molar-refractivity contribution in [3.63, 3.8) is 0 Å². The number of benzene rings is 1. The molecule has 144 valence electrons. The molecule has 0 spiro atoms. The van der Waals surface area contributed by atoms with E-state index >= 15 is 0 Å². The van der Waals surface area contributed by atoms with Crippen LogP contribution in [0.15, 0.2) is 59.8 Å². The molecule has 27 heavy (non-hydrogen) atoms. The molecule has 2 amide bonds. The number of carbonyl (C=O) groups excluding carboxylic acids is 1. The second-order valence-corrected chi connectivity index (χ2v) is 8.81. The van der Waals surface area contributed by atoms with Crippen LogP contribution in [0.4, 0.5) is 4.79 Å². The Hall–Kier alpha value is -2.41. The number of hydrogen-bond acceptors (Lipinski definition) is 4. The first-order chi connectivity index (χ1) is 13.1. The second kappa shape index (κ2) is 8.99. The van der Waals surface area contributed by atoms with Crippen LogP contribution in [0.25, 0.3) is 0 Å². The molecule has 1 aromatic heterocycles. The fourth-order valence-electron chi connectivity index (χ4n) is 3.42. The highest BCUT2D eigenvalue weighted by Crippen LogP contribution is 2.29. The molecular weight excluding hydrogens is 362 g/mol. The van der Waals surface area contributed by atoms with Gasteiger partial charge in [0.2, 0.25) is 0 Å². The lowest BCUT2D eigenvalue weighted by Gasteiger charge is -2.30. The molecule has 1 saturated heterocycles. The first-order valence-electron chi connectivity index (χ1n) is 9.30. The van der Waals surface area contributed by atoms with Crippen molar-refractivity contribution in [3.05, 3.63) is 60.4 Å². The Balaban J connectivity index is 1.63. The minimum Gasteiger partial charge on any atom is -0.337 e. The molecule has 6 nitrogen and oxygen atoms in total. The Morgan fingerprint density at radius 2 is 1.81 bits per heavy atom. The van der Waals surface area contributed by atoms with E-state index in [0.29, 0.717) is 6.54 Å². The predicted molar refractivity (Wildman–Crippen MR) is 104 cm³/mol. The van der Waals surface area contributed by atoms with E-state index in [1.54, 1.807) is 42.7 Å². The van der Waals surface area contributed by atoms with Gasteiger partial charge in [-0.3, -0.25) is 4.98 Å². The fourth-order valence-corrected chi connectivity index (χ4v) is 4.60. The predicted octanol–water partition coefficient (Wildman–Crippen LogP) is 3.18. The summed E-state index contributed by atoms with van der Waals surface area (Å²) in [5, 5.41) is 2.80. The smallest absolute Gasteiger partial charge is 0.317 e. The Bertz CT molecular complexity index is 841. The zero-order valence-electron chi connectivity index (χ0n) is 15.3. The van der Waals surface area contributed by atoms with Crippen molar-refractivity contribution in [1.29, 1.82) is 0 Å². The summed E-state index contributed by atoms with van der Waals surface area (Å²) in [7, 11) is -3.40. The third-order valence-corrected chi connectivity index (χ3v) is 6.59. The van der Waals surface area contributed by atoms with Crippen LogP contribution in [-0.2, 0) is 9.84 Å². The van der Waals surface area contributed by atoms with Gasteiger partial charge >= 0.3 is 6.03 Å². The van der Waals surface area contributed by atoms with Gasteiger partial charge < -0.3 is 10.2 Å². The van der Waals surface area contributed by atoms with Gasteiger partial charge in [-0.1, -0.05) is 31.0 Å². The highest BCUT2D eigenvalue weighted by atomic mass is 32.2. The topological polar surface area (TPSA) is 79.4 Å². The molecule has 1 aromatic carbocycles. The minimum absolute atomic E-state index is 0.00114. The molecule has 1 atom stereocenters. The quantitative estimate of drug-likeness (QED) is 0.855. The number of nitrogens with zero attached hydrogens (tertiary/aromatic N) is 2. The van der Waals surface area contributed by atoms with Crippen molar-refractivity contribution >= 4 is 15.9 Å². The number of carbonyl (C=O) groups is 1. The van der Waals surface area contributed by atoms with Gasteiger partial charge in [-0.15, -0.1) is 0 Å². The van der Waals surface area contributed by atoms with Gasteiger partial charge in [-0.2, -0.15) is 0 Å². The van der Waals surface area contributed by atoms with Crippen molar-refractivity contribution in [1.82, 2.24) is 15.2 Å². The van der Waals surface area contributed by atoms with E-state index in [4.69, 9.17) is 0 Å². The van der Waals surface area contributed by atoms with Crippen LogP contribution in [-0.4, -0.2) is 43.2 Å². The molecule has 0 radical (unpaired) electrons. The number of amides is 2. The zero-order chi connectivity index (χ0) is 19.1.